The molecule has 2 aliphatic heterocycles. The van der Waals surface area contributed by atoms with Gasteiger partial charge >= 0.3 is 12.1 Å². The molecule has 2 fully saturated rings. The zero-order valence-electron chi connectivity index (χ0n) is 22.1. The summed E-state index contributed by atoms with van der Waals surface area (Å²) in [5.41, 5.74) is 1.47. The molecule has 214 valence electrons. The first-order chi connectivity index (χ1) is 18.8. The van der Waals surface area contributed by atoms with E-state index >= 15 is 0 Å². The number of hydrogen-bond acceptors (Lipinski definition) is 7. The van der Waals surface area contributed by atoms with Crippen molar-refractivity contribution in [2.45, 2.75) is 51.9 Å². The van der Waals surface area contributed by atoms with Crippen LogP contribution in [0.1, 0.15) is 59.7 Å². The van der Waals surface area contributed by atoms with E-state index < -0.39 is 17.6 Å². The van der Waals surface area contributed by atoms with Gasteiger partial charge in [-0.15, -0.1) is 0 Å². The summed E-state index contributed by atoms with van der Waals surface area (Å²) in [6.45, 7) is 7.90. The minimum atomic E-state index is -5.08. The first-order valence-corrected chi connectivity index (χ1v) is 12.6. The van der Waals surface area contributed by atoms with Gasteiger partial charge in [0.2, 0.25) is 5.91 Å². The van der Waals surface area contributed by atoms with Gasteiger partial charge in [-0.25, -0.2) is 9.78 Å². The number of aliphatic carboxylic acids is 1. The van der Waals surface area contributed by atoms with Crippen LogP contribution in [0.3, 0.4) is 0 Å². The molecule has 2 saturated heterocycles. The molecule has 1 spiro atoms. The van der Waals surface area contributed by atoms with Crippen molar-refractivity contribution in [1.82, 2.24) is 29.5 Å². The van der Waals surface area contributed by atoms with Crippen LogP contribution in [-0.2, 0) is 16.1 Å². The van der Waals surface area contributed by atoms with Crippen molar-refractivity contribution in [2.24, 2.45) is 5.41 Å². The Labute approximate surface area is 227 Å². The summed E-state index contributed by atoms with van der Waals surface area (Å²) in [7, 11) is 0. The molecule has 0 saturated carbocycles. The molecule has 2 atom stereocenters. The highest BCUT2D eigenvalue weighted by atomic mass is 19.4. The van der Waals surface area contributed by atoms with Crippen LogP contribution in [-0.4, -0.2) is 78.2 Å². The largest absolute Gasteiger partial charge is 0.490 e. The number of carboxylic acids is 1. The molecule has 3 aromatic rings. The Kier molecular flexibility index (Phi) is 7.98. The Bertz CT molecular complexity index is 1370. The Morgan fingerprint density at radius 2 is 1.93 bits per heavy atom. The van der Waals surface area contributed by atoms with E-state index in [1.54, 1.807) is 30.3 Å². The van der Waals surface area contributed by atoms with Gasteiger partial charge in [-0.05, 0) is 44.9 Å². The van der Waals surface area contributed by atoms with Gasteiger partial charge in [-0.3, -0.25) is 14.6 Å². The van der Waals surface area contributed by atoms with Crippen molar-refractivity contribution in [1.29, 1.82) is 0 Å². The number of imidazole rings is 1. The van der Waals surface area contributed by atoms with E-state index in [2.05, 4.69) is 29.0 Å². The van der Waals surface area contributed by atoms with Crippen LogP contribution in [0.5, 0.6) is 0 Å². The number of amides is 2. The third kappa shape index (κ3) is 5.84. The number of alkyl halides is 3. The number of rotatable bonds is 5. The standard InChI is InChI=1S/C24H28N6O3.C2HF3O2/c1-16(2)30-13-21(26-15-30)19-12-29(22(31)20-10-17(3)33-27-20)14-24(19)6-9-28(23(24)32)11-18-4-7-25-8-5-18;3-2(4,5)1(6)7/h4-5,7-8,10,13,15-16,19H,6,9,11-12,14H2,1-3H3;(H,6,7). The normalized spacial score (nSPS) is 20.8. The highest BCUT2D eigenvalue weighted by Gasteiger charge is 2.58. The average molecular weight is 563 g/mol. The summed E-state index contributed by atoms with van der Waals surface area (Å²) in [5, 5.41) is 11.0. The van der Waals surface area contributed by atoms with Crippen molar-refractivity contribution in [2.75, 3.05) is 19.6 Å². The van der Waals surface area contributed by atoms with Crippen molar-refractivity contribution in [3.8, 4) is 0 Å². The predicted octanol–water partition coefficient (Wildman–Crippen LogP) is 3.45. The molecule has 5 rings (SSSR count). The van der Waals surface area contributed by atoms with Crippen molar-refractivity contribution >= 4 is 17.8 Å². The zero-order valence-corrected chi connectivity index (χ0v) is 22.1. The molecule has 1 N–H and O–H groups in total. The lowest BCUT2D eigenvalue weighted by atomic mass is 9.75. The van der Waals surface area contributed by atoms with Crippen LogP contribution in [0.15, 0.2) is 47.6 Å². The third-order valence-corrected chi connectivity index (χ3v) is 7.16. The van der Waals surface area contributed by atoms with Gasteiger partial charge in [-0.2, -0.15) is 13.2 Å². The van der Waals surface area contributed by atoms with E-state index in [0.29, 0.717) is 38.4 Å². The van der Waals surface area contributed by atoms with Crippen molar-refractivity contribution in [3.63, 3.8) is 0 Å². The summed E-state index contributed by atoms with van der Waals surface area (Å²) in [4.78, 5) is 48.4. The number of nitrogens with zero attached hydrogens (tertiary/aromatic N) is 6. The summed E-state index contributed by atoms with van der Waals surface area (Å²) in [6, 6.07) is 5.76. The Morgan fingerprint density at radius 1 is 1.25 bits per heavy atom. The Hall–Kier alpha value is -4.23. The smallest absolute Gasteiger partial charge is 0.475 e. The van der Waals surface area contributed by atoms with Gasteiger partial charge in [-0.1, -0.05) is 5.16 Å². The van der Waals surface area contributed by atoms with Crippen LogP contribution in [0, 0.1) is 12.3 Å². The fraction of sp³-hybridized carbons (Fsp3) is 0.462. The van der Waals surface area contributed by atoms with E-state index in [-0.39, 0.29) is 29.5 Å². The topological polar surface area (TPSA) is 135 Å². The molecule has 2 unspecified atom stereocenters. The minimum absolute atomic E-state index is 0.0787. The lowest BCUT2D eigenvalue weighted by molar-refractivity contribution is -0.192. The van der Waals surface area contributed by atoms with Gasteiger partial charge in [0.15, 0.2) is 5.69 Å². The molecule has 3 aromatic heterocycles. The molecule has 0 aliphatic carbocycles. The maximum absolute atomic E-state index is 13.9. The highest BCUT2D eigenvalue weighted by molar-refractivity contribution is 5.94. The Morgan fingerprint density at radius 3 is 2.48 bits per heavy atom. The fourth-order valence-corrected chi connectivity index (χ4v) is 5.07. The number of hydrogen-bond donors (Lipinski definition) is 1. The maximum Gasteiger partial charge on any atom is 0.490 e. The number of aryl methyl sites for hydroxylation is 1. The summed E-state index contributed by atoms with van der Waals surface area (Å²) < 4.78 is 38.9. The molecule has 2 aliphatic rings. The first-order valence-electron chi connectivity index (χ1n) is 12.6. The second-order valence-electron chi connectivity index (χ2n) is 10.2. The molecule has 2 amide bonds. The summed E-state index contributed by atoms with van der Waals surface area (Å²) in [6.07, 6.45) is 2.90. The molecular weight excluding hydrogens is 533 g/mol. The van der Waals surface area contributed by atoms with Gasteiger partial charge < -0.3 is 24.0 Å². The van der Waals surface area contributed by atoms with E-state index in [0.717, 1.165) is 11.3 Å². The zero-order chi connectivity index (χ0) is 29.2. The summed E-state index contributed by atoms with van der Waals surface area (Å²) >= 11 is 0. The van der Waals surface area contributed by atoms with E-state index in [1.807, 2.05) is 34.1 Å². The quantitative estimate of drug-likeness (QED) is 0.500. The molecule has 0 radical (unpaired) electrons. The molecular formula is C26H29F3N6O5. The number of carbonyl (C=O) groups excluding carboxylic acids is 2. The Balaban J connectivity index is 0.000000470. The van der Waals surface area contributed by atoms with E-state index in [1.165, 1.54) is 0 Å². The SMILES string of the molecule is Cc1cc(C(=O)N2CC(c3cn(C(C)C)cn3)C3(CCN(Cc4ccncc4)C3=O)C2)no1.O=C(O)C(F)(F)F. The fourth-order valence-electron chi connectivity index (χ4n) is 5.07. The highest BCUT2D eigenvalue weighted by Crippen LogP contribution is 2.50. The third-order valence-electron chi connectivity index (χ3n) is 7.16. The molecule has 11 nitrogen and oxygen atoms in total. The lowest BCUT2D eigenvalue weighted by Gasteiger charge is -2.27. The second kappa shape index (κ2) is 11.1. The maximum atomic E-state index is 13.9. The van der Waals surface area contributed by atoms with Gasteiger partial charge in [0.25, 0.3) is 5.91 Å². The van der Waals surface area contributed by atoms with Crippen molar-refractivity contribution in [3.05, 3.63) is 65.8 Å². The van der Waals surface area contributed by atoms with Crippen molar-refractivity contribution < 1.29 is 37.2 Å². The van der Waals surface area contributed by atoms with Gasteiger partial charge in [0, 0.05) is 62.8 Å². The number of carboxylic acid groups (broad SMARTS) is 1. The van der Waals surface area contributed by atoms with E-state index in [4.69, 9.17) is 14.4 Å². The van der Waals surface area contributed by atoms with Gasteiger partial charge in [0.05, 0.1) is 17.4 Å². The lowest BCUT2D eigenvalue weighted by Crippen LogP contribution is -2.40. The molecule has 0 aromatic carbocycles. The number of pyridine rings is 1. The summed E-state index contributed by atoms with van der Waals surface area (Å²) in [5.74, 6) is -2.48. The van der Waals surface area contributed by atoms with Crippen LogP contribution >= 0.6 is 0 Å². The van der Waals surface area contributed by atoms with E-state index in [9.17, 15) is 22.8 Å². The molecule has 5 heterocycles. The van der Waals surface area contributed by atoms with Crippen LogP contribution in [0.4, 0.5) is 13.2 Å². The van der Waals surface area contributed by atoms with Crippen LogP contribution < -0.4 is 0 Å². The number of aromatic nitrogens is 4. The number of carbonyl (C=O) groups is 3. The number of likely N-dealkylation sites (tertiary alicyclic amines) is 2. The first kappa shape index (κ1) is 28.8. The van der Waals surface area contributed by atoms with Crippen LogP contribution in [0.25, 0.3) is 0 Å². The van der Waals surface area contributed by atoms with Crippen LogP contribution in [0.2, 0.25) is 0 Å². The second-order valence-corrected chi connectivity index (χ2v) is 10.2. The number of halogens is 3. The predicted molar refractivity (Wildman–Crippen MR) is 133 cm³/mol. The molecule has 0 bridgehead atoms. The van der Waals surface area contributed by atoms with Gasteiger partial charge in [0.1, 0.15) is 5.76 Å². The monoisotopic (exact) mass is 562 g/mol. The average Bonchev–Trinajstić information content (AvgIpc) is 3.68. The molecule has 14 heteroatoms. The molecule has 40 heavy (non-hydrogen) atoms. The minimum Gasteiger partial charge on any atom is -0.475 e.